The van der Waals surface area contributed by atoms with Gasteiger partial charge < -0.3 is 5.73 Å². The van der Waals surface area contributed by atoms with Gasteiger partial charge in [-0.05, 0) is 19.1 Å². The van der Waals surface area contributed by atoms with Crippen LogP contribution in [0.15, 0.2) is 35.6 Å². The van der Waals surface area contributed by atoms with Crippen LogP contribution in [-0.2, 0) is 10.0 Å². The highest BCUT2D eigenvalue weighted by atomic mass is 32.2. The van der Waals surface area contributed by atoms with E-state index in [1.165, 1.54) is 15.7 Å². The molecule has 7 nitrogen and oxygen atoms in total. The first-order chi connectivity index (χ1) is 9.47. The highest BCUT2D eigenvalue weighted by Crippen LogP contribution is 2.24. The fraction of sp³-hybridized carbons (Fsp3) is 0.0909. The van der Waals surface area contributed by atoms with Crippen LogP contribution in [0, 0.1) is 6.92 Å². The van der Waals surface area contributed by atoms with E-state index >= 15 is 0 Å². The van der Waals surface area contributed by atoms with Crippen LogP contribution in [-0.4, -0.2) is 22.8 Å². The fourth-order valence-corrected chi connectivity index (χ4v) is 3.95. The van der Waals surface area contributed by atoms with Crippen molar-refractivity contribution in [3.8, 4) is 0 Å². The van der Waals surface area contributed by atoms with E-state index in [2.05, 4.69) is 14.7 Å². The van der Waals surface area contributed by atoms with Crippen molar-refractivity contribution in [1.29, 1.82) is 0 Å². The monoisotopic (exact) mass is 309 g/mol. The van der Waals surface area contributed by atoms with Crippen molar-refractivity contribution in [3.05, 3.63) is 35.5 Å². The van der Waals surface area contributed by atoms with Crippen LogP contribution in [0.4, 0.5) is 10.9 Å². The lowest BCUT2D eigenvalue weighted by atomic mass is 10.5. The first kappa shape index (κ1) is 12.9. The molecule has 0 atom stereocenters. The van der Waals surface area contributed by atoms with Crippen LogP contribution in [0.3, 0.4) is 0 Å². The zero-order valence-electron chi connectivity index (χ0n) is 10.4. The number of sulfonamides is 1. The van der Waals surface area contributed by atoms with Crippen LogP contribution in [0.25, 0.3) is 5.65 Å². The summed E-state index contributed by atoms with van der Waals surface area (Å²) in [4.78, 5) is 8.92. The Kier molecular flexibility index (Phi) is 2.87. The van der Waals surface area contributed by atoms with Gasteiger partial charge in [-0.3, -0.25) is 9.12 Å². The van der Waals surface area contributed by atoms with Crippen molar-refractivity contribution < 1.29 is 8.42 Å². The number of nitrogens with zero attached hydrogens (tertiary/aromatic N) is 3. The van der Waals surface area contributed by atoms with E-state index in [-0.39, 0.29) is 10.8 Å². The molecule has 3 rings (SSSR count). The largest absolute Gasteiger partial charge is 0.381 e. The summed E-state index contributed by atoms with van der Waals surface area (Å²) in [6.07, 6.45) is 3.20. The van der Waals surface area contributed by atoms with Crippen molar-refractivity contribution >= 4 is 38.0 Å². The van der Waals surface area contributed by atoms with Gasteiger partial charge in [0.15, 0.2) is 10.9 Å². The molecule has 3 N–H and O–H groups in total. The molecule has 104 valence electrons. The minimum atomic E-state index is -3.84. The summed E-state index contributed by atoms with van der Waals surface area (Å²) < 4.78 is 28.7. The third kappa shape index (κ3) is 2.10. The smallest absolute Gasteiger partial charge is 0.283 e. The minimum Gasteiger partial charge on any atom is -0.381 e. The number of hydrogen-bond donors (Lipinski definition) is 2. The minimum absolute atomic E-state index is 0.0445. The number of imidazole rings is 1. The van der Waals surface area contributed by atoms with E-state index in [9.17, 15) is 8.42 Å². The van der Waals surface area contributed by atoms with Crippen LogP contribution in [0.2, 0.25) is 0 Å². The molecule has 0 fully saturated rings. The third-order valence-corrected chi connectivity index (χ3v) is 4.94. The molecule has 0 unspecified atom stereocenters. The van der Waals surface area contributed by atoms with E-state index in [1.54, 1.807) is 30.6 Å². The SMILES string of the molecule is Cc1cnc(NS(=O)(=O)c2c(N)nc3ccccn23)s1. The number of nitrogen functional groups attached to an aromatic ring is 1. The second kappa shape index (κ2) is 4.46. The topological polar surface area (TPSA) is 102 Å². The average molecular weight is 309 g/mol. The first-order valence-electron chi connectivity index (χ1n) is 5.65. The maximum atomic E-state index is 12.4. The number of pyridine rings is 1. The molecule has 3 aromatic heterocycles. The van der Waals surface area contributed by atoms with Gasteiger partial charge in [0, 0.05) is 17.3 Å². The molecule has 0 radical (unpaired) electrons. The van der Waals surface area contributed by atoms with E-state index < -0.39 is 10.0 Å². The Morgan fingerprint density at radius 2 is 2.20 bits per heavy atom. The number of aromatic nitrogens is 3. The molecule has 0 aliphatic carbocycles. The van der Waals surface area contributed by atoms with Crippen molar-refractivity contribution in [3.63, 3.8) is 0 Å². The molecule has 0 saturated carbocycles. The van der Waals surface area contributed by atoms with Crippen molar-refractivity contribution in [2.75, 3.05) is 10.5 Å². The molecule has 0 amide bonds. The number of hydrogen-bond acceptors (Lipinski definition) is 6. The molecule has 0 aliphatic heterocycles. The van der Waals surface area contributed by atoms with Crippen molar-refractivity contribution in [2.45, 2.75) is 11.9 Å². The van der Waals surface area contributed by atoms with Gasteiger partial charge in [-0.15, -0.1) is 11.3 Å². The average Bonchev–Trinajstić information content (AvgIpc) is 2.91. The highest BCUT2D eigenvalue weighted by Gasteiger charge is 2.24. The van der Waals surface area contributed by atoms with E-state index in [0.29, 0.717) is 10.8 Å². The van der Waals surface area contributed by atoms with Gasteiger partial charge >= 0.3 is 0 Å². The maximum absolute atomic E-state index is 12.4. The summed E-state index contributed by atoms with van der Waals surface area (Å²) in [7, 11) is -3.84. The second-order valence-corrected chi connectivity index (χ2v) is 6.95. The number of anilines is 2. The van der Waals surface area contributed by atoms with E-state index in [4.69, 9.17) is 5.73 Å². The molecular formula is C11H11N5O2S2. The standard InChI is InChI=1S/C11H11N5O2S2/c1-7-6-13-11(19-7)15-20(17,18)10-9(12)14-8-4-2-3-5-16(8)10/h2-6H,12H2,1H3,(H,13,15). The summed E-state index contributed by atoms with van der Waals surface area (Å²) in [5.41, 5.74) is 6.20. The second-order valence-electron chi connectivity index (χ2n) is 4.11. The normalized spacial score (nSPS) is 11.8. The first-order valence-corrected chi connectivity index (χ1v) is 7.95. The van der Waals surface area contributed by atoms with Gasteiger partial charge in [0.2, 0.25) is 5.03 Å². The molecule has 0 aliphatic rings. The number of aryl methyl sites for hydroxylation is 1. The number of nitrogens with two attached hydrogens (primary N) is 1. The summed E-state index contributed by atoms with van der Waals surface area (Å²) in [6.45, 7) is 1.85. The van der Waals surface area contributed by atoms with Crippen LogP contribution in [0.5, 0.6) is 0 Å². The summed E-state index contributed by atoms with van der Waals surface area (Å²) in [6, 6.07) is 5.15. The lowest BCUT2D eigenvalue weighted by molar-refractivity contribution is 0.597. The van der Waals surface area contributed by atoms with Crippen LogP contribution >= 0.6 is 11.3 Å². The van der Waals surface area contributed by atoms with Crippen molar-refractivity contribution in [1.82, 2.24) is 14.4 Å². The van der Waals surface area contributed by atoms with Gasteiger partial charge in [0.25, 0.3) is 10.0 Å². The zero-order chi connectivity index (χ0) is 14.3. The zero-order valence-corrected chi connectivity index (χ0v) is 12.1. The molecule has 0 spiro atoms. The lowest BCUT2D eigenvalue weighted by Gasteiger charge is -2.05. The van der Waals surface area contributed by atoms with Gasteiger partial charge in [0.05, 0.1) is 0 Å². The Hall–Kier alpha value is -2.13. The van der Waals surface area contributed by atoms with Gasteiger partial charge in [0.1, 0.15) is 5.65 Å². The maximum Gasteiger partial charge on any atom is 0.283 e. The molecule has 9 heteroatoms. The molecular weight excluding hydrogens is 298 g/mol. The number of thiazole rings is 1. The quantitative estimate of drug-likeness (QED) is 0.763. The molecule has 0 aromatic carbocycles. The van der Waals surface area contributed by atoms with E-state index in [1.807, 2.05) is 6.92 Å². The molecule has 3 aromatic rings. The summed E-state index contributed by atoms with van der Waals surface area (Å²) >= 11 is 1.25. The molecule has 0 bridgehead atoms. The van der Waals surface area contributed by atoms with Crippen molar-refractivity contribution in [2.24, 2.45) is 0 Å². The number of nitrogens with one attached hydrogen (secondary N) is 1. The Bertz CT molecular complexity index is 881. The molecule has 20 heavy (non-hydrogen) atoms. The van der Waals surface area contributed by atoms with Crippen LogP contribution < -0.4 is 10.5 Å². The Labute approximate surface area is 119 Å². The predicted octanol–water partition coefficient (Wildman–Crippen LogP) is 1.48. The summed E-state index contributed by atoms with van der Waals surface area (Å²) in [5.74, 6) is -0.0445. The Morgan fingerprint density at radius 1 is 1.40 bits per heavy atom. The van der Waals surface area contributed by atoms with Gasteiger partial charge in [-0.1, -0.05) is 6.07 Å². The predicted molar refractivity (Wildman–Crippen MR) is 77.3 cm³/mol. The van der Waals surface area contributed by atoms with Crippen LogP contribution in [0.1, 0.15) is 4.88 Å². The fourth-order valence-electron chi connectivity index (χ4n) is 1.82. The molecule has 0 saturated heterocycles. The lowest BCUT2D eigenvalue weighted by Crippen LogP contribution is -2.16. The third-order valence-electron chi connectivity index (χ3n) is 2.61. The number of rotatable bonds is 3. The highest BCUT2D eigenvalue weighted by molar-refractivity contribution is 7.93. The molecule has 3 heterocycles. The Balaban J connectivity index is 2.11. The van der Waals surface area contributed by atoms with Gasteiger partial charge in [-0.25, -0.2) is 9.97 Å². The summed E-state index contributed by atoms with van der Waals surface area (Å²) in [5, 5.41) is 0.216. The van der Waals surface area contributed by atoms with Gasteiger partial charge in [-0.2, -0.15) is 8.42 Å². The number of fused-ring (bicyclic) bond motifs is 1. The Morgan fingerprint density at radius 3 is 2.90 bits per heavy atom. The van der Waals surface area contributed by atoms with E-state index in [0.717, 1.165) is 4.88 Å².